The smallest absolute Gasteiger partial charge is 0.254 e. The summed E-state index contributed by atoms with van der Waals surface area (Å²) in [6.45, 7) is 0.897. The minimum atomic E-state index is -4.76. The molecule has 0 amide bonds. The van der Waals surface area contributed by atoms with Crippen LogP contribution >= 0.6 is 0 Å². The number of halogens is 6. The maximum atomic E-state index is 13.2. The molecule has 1 aromatic carbocycles. The third-order valence-corrected chi connectivity index (χ3v) is 6.09. The molecule has 1 aliphatic rings. The molecule has 1 unspecified atom stereocenters. The number of alkyl halides is 6. The molecule has 1 aliphatic heterocycles. The van der Waals surface area contributed by atoms with E-state index in [1.165, 1.54) is 19.1 Å². The maximum Gasteiger partial charge on any atom is 0.416 e. The second kappa shape index (κ2) is 6.68. The Labute approximate surface area is 156 Å². The zero-order valence-electron chi connectivity index (χ0n) is 14.4. The number of aromatic nitrogens is 2. The van der Waals surface area contributed by atoms with Crippen LogP contribution in [0.2, 0.25) is 0 Å². The largest absolute Gasteiger partial charge is 0.416 e. The minimum absolute atomic E-state index is 0.169. The summed E-state index contributed by atoms with van der Waals surface area (Å²) in [7, 11) is -4.38. The highest BCUT2D eigenvalue weighted by atomic mass is 32.2. The summed E-state index contributed by atoms with van der Waals surface area (Å²) in [5.74, 6) is -1.31. The summed E-state index contributed by atoms with van der Waals surface area (Å²) < 4.78 is 106. The van der Waals surface area contributed by atoms with Crippen LogP contribution in [-0.4, -0.2) is 30.9 Å². The quantitative estimate of drug-likeness (QED) is 0.695. The Balaban J connectivity index is 2.00. The molecule has 2 heterocycles. The first kappa shape index (κ1) is 20.5. The molecule has 3 rings (SSSR count). The van der Waals surface area contributed by atoms with E-state index in [2.05, 4.69) is 5.10 Å². The number of nitrogens with zero attached hydrogens (tertiary/aromatic N) is 3. The van der Waals surface area contributed by atoms with Gasteiger partial charge in [-0.05, 0) is 25.0 Å². The number of aryl methyl sites for hydroxylation is 1. The van der Waals surface area contributed by atoms with Crippen LogP contribution in [-0.2, 0) is 22.0 Å². The van der Waals surface area contributed by atoms with Crippen LogP contribution in [0.25, 0.3) is 0 Å². The lowest BCUT2D eigenvalue weighted by atomic mass is 10.1. The van der Waals surface area contributed by atoms with Crippen molar-refractivity contribution in [2.45, 2.75) is 37.5 Å². The second-order valence-electron chi connectivity index (χ2n) is 6.42. The van der Waals surface area contributed by atoms with E-state index in [1.54, 1.807) is 0 Å². The Bertz CT molecular complexity index is 981. The monoisotopic (exact) mass is 427 g/mol. The molecule has 0 aliphatic carbocycles. The molecule has 1 atom stereocenters. The van der Waals surface area contributed by atoms with Gasteiger partial charge in [0.1, 0.15) is 5.82 Å². The summed E-state index contributed by atoms with van der Waals surface area (Å²) in [5.41, 5.74) is -1.41. The molecule has 1 aromatic heterocycles. The Hall–Kier alpha value is -2.24. The van der Waals surface area contributed by atoms with E-state index in [9.17, 15) is 34.8 Å². The molecule has 0 spiro atoms. The average molecular weight is 427 g/mol. The van der Waals surface area contributed by atoms with Gasteiger partial charge >= 0.3 is 12.4 Å². The van der Waals surface area contributed by atoms with Gasteiger partial charge in [0.25, 0.3) is 0 Å². The van der Waals surface area contributed by atoms with Crippen molar-refractivity contribution >= 4 is 15.8 Å². The predicted molar refractivity (Wildman–Crippen MR) is 88.1 cm³/mol. The number of hydrogen-bond acceptors (Lipinski definition) is 3. The highest BCUT2D eigenvalue weighted by Gasteiger charge is 2.47. The zero-order chi connectivity index (χ0) is 20.9. The normalized spacial score (nSPS) is 18.2. The average Bonchev–Trinajstić information content (AvgIpc) is 2.92. The number of sulfonamides is 1. The Kier molecular flexibility index (Phi) is 4.89. The summed E-state index contributed by atoms with van der Waals surface area (Å²) in [4.78, 5) is 0. The standard InChI is InChI=1S/C16H15F6N3O2S/c1-10-8-14-24(7-6-13(16(20,21)22)25(14)23-10)28(26,27)9-11-4-2-3-5-12(11)15(17,18)19/h2-5,8,13H,6-7,9H2,1H3. The van der Waals surface area contributed by atoms with Crippen LogP contribution in [0.3, 0.4) is 0 Å². The van der Waals surface area contributed by atoms with Gasteiger partial charge in [0.15, 0.2) is 6.04 Å². The van der Waals surface area contributed by atoms with Gasteiger partial charge in [0, 0.05) is 12.6 Å². The lowest BCUT2D eigenvalue weighted by Crippen LogP contribution is -2.43. The van der Waals surface area contributed by atoms with Crippen molar-refractivity contribution in [1.82, 2.24) is 9.78 Å². The number of benzene rings is 1. The lowest BCUT2D eigenvalue weighted by molar-refractivity contribution is -0.172. The molecule has 0 saturated heterocycles. The third kappa shape index (κ3) is 3.82. The van der Waals surface area contributed by atoms with E-state index in [0.29, 0.717) is 8.99 Å². The highest BCUT2D eigenvalue weighted by Crippen LogP contribution is 2.41. The van der Waals surface area contributed by atoms with Crippen LogP contribution in [0.1, 0.15) is 29.3 Å². The van der Waals surface area contributed by atoms with E-state index in [4.69, 9.17) is 0 Å². The Morgan fingerprint density at radius 2 is 1.79 bits per heavy atom. The molecule has 5 nitrogen and oxygen atoms in total. The van der Waals surface area contributed by atoms with Crippen LogP contribution in [0.4, 0.5) is 32.2 Å². The van der Waals surface area contributed by atoms with Crippen molar-refractivity contribution in [2.75, 3.05) is 10.8 Å². The number of fused-ring (bicyclic) bond motifs is 1. The fraction of sp³-hybridized carbons (Fsp3) is 0.438. The van der Waals surface area contributed by atoms with Crippen molar-refractivity contribution in [1.29, 1.82) is 0 Å². The van der Waals surface area contributed by atoms with E-state index in [1.807, 2.05) is 0 Å². The predicted octanol–water partition coefficient (Wildman–Crippen LogP) is 4.05. The van der Waals surface area contributed by atoms with Gasteiger partial charge in [-0.3, -0.25) is 4.31 Å². The molecule has 154 valence electrons. The van der Waals surface area contributed by atoms with Crippen LogP contribution in [0.5, 0.6) is 0 Å². The fourth-order valence-corrected chi connectivity index (χ4v) is 4.78. The van der Waals surface area contributed by atoms with E-state index < -0.39 is 58.3 Å². The Morgan fingerprint density at radius 1 is 1.14 bits per heavy atom. The zero-order valence-corrected chi connectivity index (χ0v) is 15.2. The number of anilines is 1. The topological polar surface area (TPSA) is 55.2 Å². The van der Waals surface area contributed by atoms with Gasteiger partial charge < -0.3 is 0 Å². The minimum Gasteiger partial charge on any atom is -0.254 e. The number of rotatable bonds is 3. The molecular formula is C16H15F6N3O2S. The summed E-state index contributed by atoms with van der Waals surface area (Å²) in [6, 6.07) is 3.37. The van der Waals surface area contributed by atoms with Gasteiger partial charge in [-0.25, -0.2) is 13.1 Å². The molecule has 0 saturated carbocycles. The van der Waals surface area contributed by atoms with Crippen LogP contribution in [0.15, 0.2) is 30.3 Å². The summed E-state index contributed by atoms with van der Waals surface area (Å²) in [6.07, 6.45) is -9.97. The second-order valence-corrected chi connectivity index (χ2v) is 8.31. The lowest BCUT2D eigenvalue weighted by Gasteiger charge is -2.34. The molecular weight excluding hydrogens is 412 g/mol. The van der Waals surface area contributed by atoms with E-state index in [0.717, 1.165) is 18.2 Å². The molecule has 28 heavy (non-hydrogen) atoms. The number of hydrogen-bond donors (Lipinski definition) is 0. The summed E-state index contributed by atoms with van der Waals surface area (Å²) >= 11 is 0. The summed E-state index contributed by atoms with van der Waals surface area (Å²) in [5, 5.41) is 3.74. The molecule has 2 aromatic rings. The van der Waals surface area contributed by atoms with Gasteiger partial charge in [-0.1, -0.05) is 18.2 Å². The molecule has 12 heteroatoms. The molecule has 0 N–H and O–H groups in total. The molecule has 0 bridgehead atoms. The van der Waals surface area contributed by atoms with Crippen molar-refractivity contribution in [2.24, 2.45) is 0 Å². The highest BCUT2D eigenvalue weighted by molar-refractivity contribution is 7.92. The van der Waals surface area contributed by atoms with Gasteiger partial charge in [0.2, 0.25) is 10.0 Å². The van der Waals surface area contributed by atoms with Crippen LogP contribution in [0, 0.1) is 6.92 Å². The van der Waals surface area contributed by atoms with Crippen molar-refractivity contribution in [3.8, 4) is 0 Å². The van der Waals surface area contributed by atoms with Crippen molar-refractivity contribution in [3.63, 3.8) is 0 Å². The molecule has 0 fully saturated rings. The van der Waals surface area contributed by atoms with Gasteiger partial charge in [-0.2, -0.15) is 31.4 Å². The first-order valence-electron chi connectivity index (χ1n) is 8.09. The van der Waals surface area contributed by atoms with Crippen molar-refractivity contribution in [3.05, 3.63) is 47.2 Å². The first-order chi connectivity index (χ1) is 12.8. The SMILES string of the molecule is Cc1cc2n(n1)C(C(F)(F)F)CCN2S(=O)(=O)Cc1ccccc1C(F)(F)F. The Morgan fingerprint density at radius 3 is 2.39 bits per heavy atom. The van der Waals surface area contributed by atoms with Crippen LogP contribution < -0.4 is 4.31 Å². The third-order valence-electron chi connectivity index (χ3n) is 4.37. The fourth-order valence-electron chi connectivity index (χ4n) is 3.18. The van der Waals surface area contributed by atoms with E-state index >= 15 is 0 Å². The van der Waals surface area contributed by atoms with Gasteiger partial charge in [0.05, 0.1) is 17.0 Å². The van der Waals surface area contributed by atoms with Crippen molar-refractivity contribution < 1.29 is 34.8 Å². The van der Waals surface area contributed by atoms with E-state index in [-0.39, 0.29) is 11.5 Å². The van der Waals surface area contributed by atoms with Gasteiger partial charge in [-0.15, -0.1) is 0 Å². The first-order valence-corrected chi connectivity index (χ1v) is 9.70. The maximum absolute atomic E-state index is 13.2. The molecule has 0 radical (unpaired) electrons.